The minimum atomic E-state index is -0.119. The van der Waals surface area contributed by atoms with Gasteiger partial charge in [0.25, 0.3) is 0 Å². The SMILES string of the molecule is CC(=O)N1CCCC(C(=O)NCc2ccc3c(c2)OCO3)C1. The van der Waals surface area contributed by atoms with Crippen molar-refractivity contribution in [3.63, 3.8) is 0 Å². The predicted octanol–water partition coefficient (Wildman–Crippen LogP) is 1.29. The number of likely N-dealkylation sites (tertiary alicyclic amines) is 1. The van der Waals surface area contributed by atoms with Crippen molar-refractivity contribution >= 4 is 11.8 Å². The van der Waals surface area contributed by atoms with E-state index in [2.05, 4.69) is 5.32 Å². The van der Waals surface area contributed by atoms with Gasteiger partial charge in [-0.25, -0.2) is 0 Å². The monoisotopic (exact) mass is 304 g/mol. The van der Waals surface area contributed by atoms with Crippen LogP contribution in [0, 0.1) is 5.92 Å². The molecule has 1 aromatic rings. The van der Waals surface area contributed by atoms with Crippen LogP contribution in [-0.4, -0.2) is 36.6 Å². The third kappa shape index (κ3) is 3.16. The first-order valence-electron chi connectivity index (χ1n) is 7.55. The Morgan fingerprint density at radius 2 is 2.14 bits per heavy atom. The van der Waals surface area contributed by atoms with Gasteiger partial charge in [-0.15, -0.1) is 0 Å². The average Bonchev–Trinajstić information content (AvgIpc) is 3.00. The molecule has 1 aromatic carbocycles. The van der Waals surface area contributed by atoms with Crippen LogP contribution in [0.25, 0.3) is 0 Å². The molecule has 3 rings (SSSR count). The van der Waals surface area contributed by atoms with E-state index in [0.717, 1.165) is 30.7 Å². The molecule has 6 nitrogen and oxygen atoms in total. The zero-order chi connectivity index (χ0) is 15.5. The Kier molecular flexibility index (Phi) is 4.18. The van der Waals surface area contributed by atoms with Gasteiger partial charge in [0.05, 0.1) is 5.92 Å². The summed E-state index contributed by atoms with van der Waals surface area (Å²) < 4.78 is 10.6. The number of ether oxygens (including phenoxy) is 2. The van der Waals surface area contributed by atoms with Crippen LogP contribution in [0.15, 0.2) is 18.2 Å². The van der Waals surface area contributed by atoms with Crippen LogP contribution in [0.2, 0.25) is 0 Å². The Morgan fingerprint density at radius 1 is 1.32 bits per heavy atom. The summed E-state index contributed by atoms with van der Waals surface area (Å²) in [6.45, 7) is 3.51. The van der Waals surface area contributed by atoms with Crippen molar-refractivity contribution in [3.05, 3.63) is 23.8 Å². The van der Waals surface area contributed by atoms with E-state index in [-0.39, 0.29) is 24.5 Å². The topological polar surface area (TPSA) is 67.9 Å². The average molecular weight is 304 g/mol. The fraction of sp³-hybridized carbons (Fsp3) is 0.500. The van der Waals surface area contributed by atoms with E-state index in [4.69, 9.17) is 9.47 Å². The Labute approximate surface area is 129 Å². The molecule has 0 radical (unpaired) electrons. The van der Waals surface area contributed by atoms with Crippen LogP contribution in [0.4, 0.5) is 0 Å². The second-order valence-corrected chi connectivity index (χ2v) is 5.71. The highest BCUT2D eigenvalue weighted by molar-refractivity contribution is 5.80. The molecule has 0 spiro atoms. The first-order chi connectivity index (χ1) is 10.6. The van der Waals surface area contributed by atoms with Crippen LogP contribution in [0.1, 0.15) is 25.3 Å². The lowest BCUT2D eigenvalue weighted by atomic mass is 9.97. The van der Waals surface area contributed by atoms with Gasteiger partial charge in [-0.2, -0.15) is 0 Å². The highest BCUT2D eigenvalue weighted by atomic mass is 16.7. The molecule has 1 fully saturated rings. The summed E-state index contributed by atoms with van der Waals surface area (Å²) in [5.74, 6) is 1.37. The molecule has 0 bridgehead atoms. The van der Waals surface area contributed by atoms with Gasteiger partial charge in [-0.1, -0.05) is 6.07 Å². The zero-order valence-corrected chi connectivity index (χ0v) is 12.6. The van der Waals surface area contributed by atoms with Gasteiger partial charge in [0.2, 0.25) is 18.6 Å². The van der Waals surface area contributed by atoms with Gasteiger partial charge in [0.1, 0.15) is 0 Å². The maximum Gasteiger partial charge on any atom is 0.231 e. The van der Waals surface area contributed by atoms with Crippen molar-refractivity contribution in [2.45, 2.75) is 26.3 Å². The third-order valence-corrected chi connectivity index (χ3v) is 4.14. The summed E-state index contributed by atoms with van der Waals surface area (Å²) in [5, 5.41) is 2.95. The molecule has 22 heavy (non-hydrogen) atoms. The molecule has 6 heteroatoms. The number of piperidine rings is 1. The van der Waals surface area contributed by atoms with Crippen LogP contribution in [0.3, 0.4) is 0 Å². The van der Waals surface area contributed by atoms with Gasteiger partial charge in [-0.3, -0.25) is 9.59 Å². The predicted molar refractivity (Wildman–Crippen MR) is 79.4 cm³/mol. The van der Waals surface area contributed by atoms with E-state index in [0.29, 0.717) is 18.8 Å². The van der Waals surface area contributed by atoms with E-state index < -0.39 is 0 Å². The van der Waals surface area contributed by atoms with E-state index in [9.17, 15) is 9.59 Å². The minimum Gasteiger partial charge on any atom is -0.454 e. The Bertz CT molecular complexity index is 588. The number of nitrogens with zero attached hydrogens (tertiary/aromatic N) is 1. The van der Waals surface area contributed by atoms with E-state index in [1.54, 1.807) is 11.8 Å². The van der Waals surface area contributed by atoms with Gasteiger partial charge >= 0.3 is 0 Å². The summed E-state index contributed by atoms with van der Waals surface area (Å²) in [7, 11) is 0. The number of amides is 2. The molecule has 1 atom stereocenters. The molecule has 0 saturated carbocycles. The van der Waals surface area contributed by atoms with Crippen molar-refractivity contribution in [1.82, 2.24) is 10.2 Å². The number of fused-ring (bicyclic) bond motifs is 1. The third-order valence-electron chi connectivity index (χ3n) is 4.14. The Hall–Kier alpha value is -2.24. The summed E-state index contributed by atoms with van der Waals surface area (Å²) >= 11 is 0. The quantitative estimate of drug-likeness (QED) is 0.913. The molecule has 0 aliphatic carbocycles. The molecular weight excluding hydrogens is 284 g/mol. The summed E-state index contributed by atoms with van der Waals surface area (Å²) in [6.07, 6.45) is 1.71. The highest BCUT2D eigenvalue weighted by Crippen LogP contribution is 2.32. The molecule has 2 amide bonds. The van der Waals surface area contributed by atoms with Gasteiger partial charge in [0.15, 0.2) is 11.5 Å². The van der Waals surface area contributed by atoms with Crippen molar-refractivity contribution in [2.75, 3.05) is 19.9 Å². The van der Waals surface area contributed by atoms with Crippen molar-refractivity contribution in [1.29, 1.82) is 0 Å². The number of hydrogen-bond donors (Lipinski definition) is 1. The Morgan fingerprint density at radius 3 is 2.95 bits per heavy atom. The molecule has 1 unspecified atom stereocenters. The highest BCUT2D eigenvalue weighted by Gasteiger charge is 2.26. The standard InChI is InChI=1S/C16H20N2O4/c1-11(19)18-6-2-3-13(9-18)16(20)17-8-12-4-5-14-15(7-12)22-10-21-14/h4-5,7,13H,2-3,6,8-10H2,1H3,(H,17,20). The largest absolute Gasteiger partial charge is 0.454 e. The number of carbonyl (C=O) groups is 2. The molecule has 0 aromatic heterocycles. The lowest BCUT2D eigenvalue weighted by Gasteiger charge is -2.31. The maximum atomic E-state index is 12.3. The van der Waals surface area contributed by atoms with Gasteiger partial charge < -0.3 is 19.7 Å². The second kappa shape index (κ2) is 6.25. The smallest absolute Gasteiger partial charge is 0.231 e. The van der Waals surface area contributed by atoms with E-state index in [1.807, 2.05) is 18.2 Å². The van der Waals surface area contributed by atoms with E-state index >= 15 is 0 Å². The number of nitrogens with one attached hydrogen (secondary N) is 1. The minimum absolute atomic E-state index is 0.00335. The normalized spacial score (nSPS) is 19.9. The lowest BCUT2D eigenvalue weighted by Crippen LogP contribution is -2.44. The molecule has 2 aliphatic rings. The second-order valence-electron chi connectivity index (χ2n) is 5.71. The van der Waals surface area contributed by atoms with Crippen molar-refractivity contribution in [2.24, 2.45) is 5.92 Å². The molecule has 1 saturated heterocycles. The first kappa shape index (κ1) is 14.7. The molecule has 2 aliphatic heterocycles. The van der Waals surface area contributed by atoms with Crippen LogP contribution < -0.4 is 14.8 Å². The summed E-state index contributed by atoms with van der Waals surface area (Å²) in [6, 6.07) is 5.64. The summed E-state index contributed by atoms with van der Waals surface area (Å²) in [5.41, 5.74) is 0.969. The fourth-order valence-corrected chi connectivity index (χ4v) is 2.86. The number of benzene rings is 1. The summed E-state index contributed by atoms with van der Waals surface area (Å²) in [4.78, 5) is 25.4. The maximum absolute atomic E-state index is 12.3. The number of rotatable bonds is 3. The van der Waals surface area contributed by atoms with Crippen LogP contribution in [-0.2, 0) is 16.1 Å². The lowest BCUT2D eigenvalue weighted by molar-refractivity contribution is -0.134. The van der Waals surface area contributed by atoms with Crippen molar-refractivity contribution < 1.29 is 19.1 Å². The van der Waals surface area contributed by atoms with Crippen LogP contribution >= 0.6 is 0 Å². The van der Waals surface area contributed by atoms with Gasteiger partial charge in [0, 0.05) is 26.6 Å². The molecule has 118 valence electrons. The first-order valence-corrected chi connectivity index (χ1v) is 7.55. The number of hydrogen-bond acceptors (Lipinski definition) is 4. The Balaban J connectivity index is 1.54. The number of carbonyl (C=O) groups excluding carboxylic acids is 2. The zero-order valence-electron chi connectivity index (χ0n) is 12.6. The van der Waals surface area contributed by atoms with Crippen LogP contribution in [0.5, 0.6) is 11.5 Å². The van der Waals surface area contributed by atoms with Gasteiger partial charge in [-0.05, 0) is 30.5 Å². The molecule has 1 N–H and O–H groups in total. The van der Waals surface area contributed by atoms with E-state index in [1.165, 1.54) is 0 Å². The molecule has 2 heterocycles. The fourth-order valence-electron chi connectivity index (χ4n) is 2.86. The van der Waals surface area contributed by atoms with Crippen molar-refractivity contribution in [3.8, 4) is 11.5 Å². The molecular formula is C16H20N2O4.